The van der Waals surface area contributed by atoms with E-state index in [-0.39, 0.29) is 18.2 Å². The van der Waals surface area contributed by atoms with E-state index in [2.05, 4.69) is 5.32 Å². The fraction of sp³-hybridized carbons (Fsp3) is 0.667. The molecule has 1 heterocycles. The van der Waals surface area contributed by atoms with Crippen molar-refractivity contribution in [1.82, 2.24) is 0 Å². The number of rotatable bonds is 11. The van der Waals surface area contributed by atoms with Gasteiger partial charge in [-0.05, 0) is 45.0 Å². The van der Waals surface area contributed by atoms with Gasteiger partial charge in [-0.2, -0.15) is 0 Å². The molecule has 1 aliphatic heterocycles. The van der Waals surface area contributed by atoms with Gasteiger partial charge in [-0.15, -0.1) is 0 Å². The molecular formula is C21H33NO7. The number of benzene rings is 1. The minimum absolute atomic E-state index is 0.301. The van der Waals surface area contributed by atoms with Crippen molar-refractivity contribution in [2.75, 3.05) is 46.5 Å². The molecule has 1 fully saturated rings. The highest BCUT2D eigenvalue weighted by atomic mass is 16.8. The highest BCUT2D eigenvalue weighted by Gasteiger charge is 2.52. The predicted octanol–water partition coefficient (Wildman–Crippen LogP) is 2.47. The average Bonchev–Trinajstić information content (AvgIpc) is 3.03. The van der Waals surface area contributed by atoms with E-state index in [0.717, 1.165) is 11.4 Å². The minimum Gasteiger partial charge on any atom is -0.497 e. The Morgan fingerprint density at radius 1 is 1.10 bits per heavy atom. The molecule has 1 saturated heterocycles. The van der Waals surface area contributed by atoms with Gasteiger partial charge in [0.25, 0.3) is 0 Å². The van der Waals surface area contributed by atoms with Crippen molar-refractivity contribution in [3.05, 3.63) is 24.3 Å². The molecule has 0 aliphatic carbocycles. The van der Waals surface area contributed by atoms with E-state index in [1.54, 1.807) is 35.2 Å². The second kappa shape index (κ2) is 10.8. The number of ether oxygens (including phenoxy) is 6. The van der Waals surface area contributed by atoms with Gasteiger partial charge >= 0.3 is 5.97 Å². The van der Waals surface area contributed by atoms with Crippen molar-refractivity contribution in [1.29, 1.82) is 0 Å². The van der Waals surface area contributed by atoms with Crippen molar-refractivity contribution in [2.24, 2.45) is 5.92 Å². The molecule has 0 spiro atoms. The monoisotopic (exact) mass is 411 g/mol. The number of hydrogen-bond donors (Lipinski definition) is 1. The molecule has 0 saturated carbocycles. The van der Waals surface area contributed by atoms with Gasteiger partial charge in [0.2, 0.25) is 0 Å². The third kappa shape index (κ3) is 5.82. The molecule has 1 N–H and O–H groups in total. The largest absolute Gasteiger partial charge is 0.497 e. The van der Waals surface area contributed by atoms with E-state index < -0.39 is 17.7 Å². The Kier molecular flexibility index (Phi) is 8.70. The van der Waals surface area contributed by atoms with E-state index in [1.165, 1.54) is 0 Å². The van der Waals surface area contributed by atoms with Crippen LogP contribution < -0.4 is 10.1 Å². The van der Waals surface area contributed by atoms with Gasteiger partial charge in [-0.1, -0.05) is 0 Å². The smallest absolute Gasteiger partial charge is 0.310 e. The molecule has 29 heavy (non-hydrogen) atoms. The molecule has 0 bridgehead atoms. The lowest BCUT2D eigenvalue weighted by atomic mass is 9.94. The lowest BCUT2D eigenvalue weighted by Crippen LogP contribution is -2.52. The van der Waals surface area contributed by atoms with Crippen LogP contribution in [0.1, 0.15) is 20.8 Å². The Balaban J connectivity index is 2.30. The van der Waals surface area contributed by atoms with Crippen molar-refractivity contribution in [3.63, 3.8) is 0 Å². The Labute approximate surface area is 172 Å². The molecule has 1 aliphatic rings. The van der Waals surface area contributed by atoms with Gasteiger partial charge in [-0.25, -0.2) is 0 Å². The van der Waals surface area contributed by atoms with E-state index in [4.69, 9.17) is 28.4 Å². The molecule has 0 amide bonds. The lowest BCUT2D eigenvalue weighted by molar-refractivity contribution is -0.191. The Hall–Kier alpha value is -1.87. The summed E-state index contributed by atoms with van der Waals surface area (Å²) in [5.74, 6) is -1.22. The third-order valence-corrected chi connectivity index (χ3v) is 4.98. The van der Waals surface area contributed by atoms with E-state index in [1.807, 2.05) is 31.2 Å². The molecule has 8 heteroatoms. The zero-order chi connectivity index (χ0) is 21.4. The number of nitrogens with one attached hydrogen (secondary N) is 1. The molecule has 2 rings (SSSR count). The molecule has 1 aromatic rings. The maximum atomic E-state index is 12.5. The Bertz CT molecular complexity index is 622. The van der Waals surface area contributed by atoms with Crippen molar-refractivity contribution < 1.29 is 33.2 Å². The SMILES string of the molecule is CCOC(=O)[C@H](C)[C@H](Nc1ccc(OC)cc1)C1(C)O[C@@H](COC)[C@H](COC)O1. The summed E-state index contributed by atoms with van der Waals surface area (Å²) in [5, 5.41) is 3.39. The third-order valence-electron chi connectivity index (χ3n) is 4.98. The molecule has 0 aromatic heterocycles. The van der Waals surface area contributed by atoms with E-state index in [0.29, 0.717) is 19.8 Å². The first-order chi connectivity index (χ1) is 13.9. The molecular weight excluding hydrogens is 378 g/mol. The first-order valence-electron chi connectivity index (χ1n) is 9.79. The van der Waals surface area contributed by atoms with Crippen LogP contribution in [0.15, 0.2) is 24.3 Å². The molecule has 4 atom stereocenters. The zero-order valence-electron chi connectivity index (χ0n) is 18.1. The van der Waals surface area contributed by atoms with Crippen LogP contribution in [0, 0.1) is 5.92 Å². The topological polar surface area (TPSA) is 84.5 Å². The number of anilines is 1. The molecule has 0 unspecified atom stereocenters. The summed E-state index contributed by atoms with van der Waals surface area (Å²) < 4.78 is 33.5. The number of hydrogen-bond acceptors (Lipinski definition) is 8. The van der Waals surface area contributed by atoms with E-state index in [9.17, 15) is 4.79 Å². The van der Waals surface area contributed by atoms with Crippen LogP contribution in [0.3, 0.4) is 0 Å². The highest BCUT2D eigenvalue weighted by Crippen LogP contribution is 2.37. The second-order valence-electron chi connectivity index (χ2n) is 7.13. The first kappa shape index (κ1) is 23.4. The van der Waals surface area contributed by atoms with Gasteiger partial charge < -0.3 is 33.7 Å². The number of carbonyl (C=O) groups is 1. The quantitative estimate of drug-likeness (QED) is 0.556. The van der Waals surface area contributed by atoms with Gasteiger partial charge in [0, 0.05) is 19.9 Å². The van der Waals surface area contributed by atoms with E-state index >= 15 is 0 Å². The maximum absolute atomic E-state index is 12.5. The number of methoxy groups -OCH3 is 3. The molecule has 0 radical (unpaired) electrons. The summed E-state index contributed by atoms with van der Waals surface area (Å²) in [7, 11) is 4.83. The normalized spacial score (nSPS) is 22.7. The van der Waals surface area contributed by atoms with Gasteiger partial charge in [-0.3, -0.25) is 4.79 Å². The average molecular weight is 411 g/mol. The van der Waals surface area contributed by atoms with Crippen LogP contribution in [0.2, 0.25) is 0 Å². The molecule has 164 valence electrons. The Morgan fingerprint density at radius 2 is 1.66 bits per heavy atom. The summed E-state index contributed by atoms with van der Waals surface area (Å²) in [5.41, 5.74) is 0.804. The summed E-state index contributed by atoms with van der Waals surface area (Å²) in [4.78, 5) is 12.5. The predicted molar refractivity (Wildman–Crippen MR) is 108 cm³/mol. The highest BCUT2D eigenvalue weighted by molar-refractivity contribution is 5.74. The molecule has 1 aromatic carbocycles. The second-order valence-corrected chi connectivity index (χ2v) is 7.13. The maximum Gasteiger partial charge on any atom is 0.310 e. The van der Waals surface area contributed by atoms with Gasteiger partial charge in [0.1, 0.15) is 18.0 Å². The van der Waals surface area contributed by atoms with Gasteiger partial charge in [0.05, 0.1) is 38.9 Å². The summed E-state index contributed by atoms with van der Waals surface area (Å²) in [6, 6.07) is 6.92. The van der Waals surface area contributed by atoms with Gasteiger partial charge in [0.15, 0.2) is 5.79 Å². The number of esters is 1. The standard InChI is InChI=1S/C21H33NO7/c1-7-27-20(23)14(2)19(22-15-8-10-16(26-6)11-9-15)21(3)28-17(12-24-4)18(29-21)13-25-5/h8-11,14,17-19,22H,7,12-13H2,1-6H3/t14-,17+,18+,19+/m1/s1. The summed E-state index contributed by atoms with van der Waals surface area (Å²) in [6.07, 6.45) is -0.640. The van der Waals surface area contributed by atoms with Crippen LogP contribution in [0.5, 0.6) is 5.75 Å². The van der Waals surface area contributed by atoms with Crippen LogP contribution in [-0.4, -0.2) is 71.2 Å². The Morgan fingerprint density at radius 3 is 2.10 bits per heavy atom. The summed E-state index contributed by atoms with van der Waals surface area (Å²) >= 11 is 0. The minimum atomic E-state index is -1.10. The van der Waals surface area contributed by atoms with Crippen molar-refractivity contribution in [3.8, 4) is 5.75 Å². The zero-order valence-corrected chi connectivity index (χ0v) is 18.1. The van der Waals surface area contributed by atoms with Crippen LogP contribution in [0.25, 0.3) is 0 Å². The van der Waals surface area contributed by atoms with Crippen LogP contribution >= 0.6 is 0 Å². The fourth-order valence-electron chi connectivity index (χ4n) is 3.53. The van der Waals surface area contributed by atoms with Crippen LogP contribution in [-0.2, 0) is 28.5 Å². The van der Waals surface area contributed by atoms with Crippen LogP contribution in [0.4, 0.5) is 5.69 Å². The van der Waals surface area contributed by atoms with Crippen molar-refractivity contribution >= 4 is 11.7 Å². The first-order valence-corrected chi connectivity index (χ1v) is 9.79. The van der Waals surface area contributed by atoms with Crippen molar-refractivity contribution in [2.45, 2.75) is 44.8 Å². The summed E-state index contributed by atoms with van der Waals surface area (Å²) in [6.45, 7) is 6.41. The lowest BCUT2D eigenvalue weighted by Gasteiger charge is -2.37. The number of carbonyl (C=O) groups excluding carboxylic acids is 1. The fourth-order valence-corrected chi connectivity index (χ4v) is 3.53. The molecule has 8 nitrogen and oxygen atoms in total.